The Balaban J connectivity index is 2.30. The Bertz CT molecular complexity index is 585. The number of ketones is 1. The van der Waals surface area contributed by atoms with Crippen molar-refractivity contribution in [3.8, 4) is 0 Å². The summed E-state index contributed by atoms with van der Waals surface area (Å²) in [5.41, 5.74) is 0.741. The molecule has 0 amide bonds. The molecule has 3 nitrogen and oxygen atoms in total. The molecule has 18 heavy (non-hydrogen) atoms. The Kier molecular flexibility index (Phi) is 3.23. The van der Waals surface area contributed by atoms with Crippen molar-refractivity contribution in [1.82, 2.24) is 9.78 Å². The number of carbonyl (C=O) groups excluding carboxylic acids is 1. The normalized spacial score (nSPS) is 10.7. The molecule has 5 heteroatoms. The lowest BCUT2D eigenvalue weighted by molar-refractivity contribution is 0.0990. The minimum absolute atomic E-state index is 0.203. The van der Waals surface area contributed by atoms with Crippen molar-refractivity contribution < 1.29 is 13.6 Å². The van der Waals surface area contributed by atoms with Crippen LogP contribution in [0.5, 0.6) is 0 Å². The molecule has 1 aromatic carbocycles. The maximum Gasteiger partial charge on any atom is 0.170 e. The molecule has 2 aromatic rings. The van der Waals surface area contributed by atoms with Crippen molar-refractivity contribution in [2.75, 3.05) is 0 Å². The third-order valence-corrected chi connectivity index (χ3v) is 2.71. The molecule has 0 bridgehead atoms. The van der Waals surface area contributed by atoms with Crippen LogP contribution in [0.4, 0.5) is 8.78 Å². The lowest BCUT2D eigenvalue weighted by Gasteiger charge is -2.03. The van der Waals surface area contributed by atoms with Crippen molar-refractivity contribution in [3.05, 3.63) is 52.9 Å². The number of aryl methyl sites for hydroxylation is 2. The van der Waals surface area contributed by atoms with Gasteiger partial charge in [0.05, 0.1) is 11.3 Å². The van der Waals surface area contributed by atoms with Crippen LogP contribution in [0.3, 0.4) is 0 Å². The Morgan fingerprint density at radius 3 is 2.44 bits per heavy atom. The monoisotopic (exact) mass is 250 g/mol. The predicted molar refractivity (Wildman–Crippen MR) is 62.3 cm³/mol. The van der Waals surface area contributed by atoms with E-state index in [0.29, 0.717) is 11.3 Å². The number of carbonyl (C=O) groups is 1. The zero-order valence-electron chi connectivity index (χ0n) is 10.1. The number of halogens is 2. The number of rotatable bonds is 3. The highest BCUT2D eigenvalue weighted by atomic mass is 19.1. The van der Waals surface area contributed by atoms with E-state index in [1.807, 2.05) is 0 Å². The molecule has 2 rings (SSSR count). The molecular formula is C13H12F2N2O. The smallest absolute Gasteiger partial charge is 0.170 e. The Morgan fingerprint density at radius 1 is 1.33 bits per heavy atom. The van der Waals surface area contributed by atoms with Gasteiger partial charge in [-0.25, -0.2) is 8.78 Å². The fourth-order valence-electron chi connectivity index (χ4n) is 1.83. The SMILES string of the molecule is Cc1nn(C)cc1C(=O)Cc1c(F)cccc1F. The van der Waals surface area contributed by atoms with E-state index in [4.69, 9.17) is 0 Å². The van der Waals surface area contributed by atoms with Gasteiger partial charge in [0, 0.05) is 25.2 Å². The summed E-state index contributed by atoms with van der Waals surface area (Å²) < 4.78 is 28.3. The standard InChI is InChI=1S/C13H12F2N2O/c1-8-10(7-17(2)16-8)13(18)6-9-11(14)4-3-5-12(9)15/h3-5,7H,6H2,1-2H3. The highest BCUT2D eigenvalue weighted by Gasteiger charge is 2.17. The molecule has 0 unspecified atom stereocenters. The van der Waals surface area contributed by atoms with Gasteiger partial charge in [0.15, 0.2) is 5.78 Å². The van der Waals surface area contributed by atoms with E-state index in [-0.39, 0.29) is 17.8 Å². The van der Waals surface area contributed by atoms with Gasteiger partial charge in [0.2, 0.25) is 0 Å². The summed E-state index contributed by atoms with van der Waals surface area (Å²) in [5.74, 6) is -1.75. The molecule has 0 aliphatic rings. The molecule has 1 aromatic heterocycles. The number of hydrogen-bond donors (Lipinski definition) is 0. The van der Waals surface area contributed by atoms with E-state index in [1.165, 1.54) is 10.7 Å². The van der Waals surface area contributed by atoms with Crippen molar-refractivity contribution in [2.45, 2.75) is 13.3 Å². The van der Waals surface area contributed by atoms with Gasteiger partial charge in [0.25, 0.3) is 0 Å². The number of hydrogen-bond acceptors (Lipinski definition) is 2. The van der Waals surface area contributed by atoms with Gasteiger partial charge in [0.1, 0.15) is 11.6 Å². The first kappa shape index (κ1) is 12.4. The molecule has 0 atom stereocenters. The summed E-state index contributed by atoms with van der Waals surface area (Å²) in [5, 5.41) is 4.03. The summed E-state index contributed by atoms with van der Waals surface area (Å²) in [6.07, 6.45) is 1.25. The van der Waals surface area contributed by atoms with Crippen molar-refractivity contribution in [3.63, 3.8) is 0 Å². The summed E-state index contributed by atoms with van der Waals surface area (Å²) in [4.78, 5) is 12.0. The summed E-state index contributed by atoms with van der Waals surface area (Å²) in [7, 11) is 1.69. The highest BCUT2D eigenvalue weighted by molar-refractivity contribution is 5.98. The third-order valence-electron chi connectivity index (χ3n) is 2.71. The summed E-state index contributed by atoms with van der Waals surface area (Å²) >= 11 is 0. The first-order valence-electron chi connectivity index (χ1n) is 5.45. The molecule has 0 radical (unpaired) electrons. The Hall–Kier alpha value is -2.04. The zero-order chi connectivity index (χ0) is 13.3. The molecule has 0 aliphatic carbocycles. The van der Waals surface area contributed by atoms with Gasteiger partial charge in [-0.15, -0.1) is 0 Å². The number of Topliss-reactive ketones (excluding diaryl/α,β-unsaturated/α-hetero) is 1. The van der Waals surface area contributed by atoms with Crippen molar-refractivity contribution >= 4 is 5.78 Å². The quantitative estimate of drug-likeness (QED) is 0.784. The van der Waals surface area contributed by atoms with E-state index >= 15 is 0 Å². The molecule has 94 valence electrons. The number of nitrogens with zero attached hydrogens (tertiary/aromatic N) is 2. The molecule has 0 N–H and O–H groups in total. The minimum atomic E-state index is -0.704. The molecule has 0 saturated carbocycles. The van der Waals surface area contributed by atoms with E-state index in [0.717, 1.165) is 12.1 Å². The van der Waals surface area contributed by atoms with Gasteiger partial charge in [-0.3, -0.25) is 9.48 Å². The van der Waals surface area contributed by atoms with Crippen molar-refractivity contribution in [1.29, 1.82) is 0 Å². The van der Waals surface area contributed by atoms with E-state index in [1.54, 1.807) is 20.2 Å². The van der Waals surface area contributed by atoms with E-state index in [2.05, 4.69) is 5.10 Å². The van der Waals surface area contributed by atoms with Crippen LogP contribution >= 0.6 is 0 Å². The largest absolute Gasteiger partial charge is 0.294 e. The Morgan fingerprint density at radius 2 is 1.94 bits per heavy atom. The van der Waals surface area contributed by atoms with Gasteiger partial charge in [-0.2, -0.15) is 5.10 Å². The first-order chi connectivity index (χ1) is 8.49. The van der Waals surface area contributed by atoms with Crippen LogP contribution in [0.25, 0.3) is 0 Å². The van der Waals surface area contributed by atoms with Crippen LogP contribution in [-0.4, -0.2) is 15.6 Å². The second-order valence-corrected chi connectivity index (χ2v) is 4.10. The van der Waals surface area contributed by atoms with Gasteiger partial charge in [-0.05, 0) is 19.1 Å². The molecule has 1 heterocycles. The van der Waals surface area contributed by atoms with Gasteiger partial charge in [-0.1, -0.05) is 6.07 Å². The first-order valence-corrected chi connectivity index (χ1v) is 5.45. The molecule has 0 spiro atoms. The molecule has 0 saturated heterocycles. The van der Waals surface area contributed by atoms with Crippen LogP contribution in [0, 0.1) is 18.6 Å². The average Bonchev–Trinajstić information content (AvgIpc) is 2.63. The fourth-order valence-corrected chi connectivity index (χ4v) is 1.83. The summed E-state index contributed by atoms with van der Waals surface area (Å²) in [6.45, 7) is 1.69. The average molecular weight is 250 g/mol. The van der Waals surface area contributed by atoms with Crippen LogP contribution in [0.2, 0.25) is 0 Å². The third kappa shape index (κ3) is 2.30. The van der Waals surface area contributed by atoms with E-state index < -0.39 is 11.6 Å². The topological polar surface area (TPSA) is 34.9 Å². The Labute approximate surface area is 103 Å². The summed E-state index contributed by atoms with van der Waals surface area (Å²) in [6, 6.07) is 3.55. The van der Waals surface area contributed by atoms with Crippen LogP contribution in [-0.2, 0) is 13.5 Å². The number of benzene rings is 1. The van der Waals surface area contributed by atoms with Crippen LogP contribution < -0.4 is 0 Å². The van der Waals surface area contributed by atoms with Crippen LogP contribution in [0.15, 0.2) is 24.4 Å². The maximum absolute atomic E-state index is 13.4. The second-order valence-electron chi connectivity index (χ2n) is 4.10. The maximum atomic E-state index is 13.4. The minimum Gasteiger partial charge on any atom is -0.294 e. The lowest BCUT2D eigenvalue weighted by atomic mass is 10.0. The predicted octanol–water partition coefficient (Wildman–Crippen LogP) is 2.43. The number of aromatic nitrogens is 2. The molecule has 0 fully saturated rings. The van der Waals surface area contributed by atoms with Crippen molar-refractivity contribution in [2.24, 2.45) is 7.05 Å². The zero-order valence-corrected chi connectivity index (χ0v) is 10.1. The second kappa shape index (κ2) is 4.68. The lowest BCUT2D eigenvalue weighted by Crippen LogP contribution is -2.07. The van der Waals surface area contributed by atoms with Crippen LogP contribution in [0.1, 0.15) is 21.6 Å². The molecule has 0 aliphatic heterocycles. The van der Waals surface area contributed by atoms with Gasteiger partial charge >= 0.3 is 0 Å². The van der Waals surface area contributed by atoms with Gasteiger partial charge < -0.3 is 0 Å². The highest BCUT2D eigenvalue weighted by Crippen LogP contribution is 2.16. The fraction of sp³-hybridized carbons (Fsp3) is 0.231. The van der Waals surface area contributed by atoms with E-state index in [9.17, 15) is 13.6 Å². The molecular weight excluding hydrogens is 238 g/mol.